The Morgan fingerprint density at radius 2 is 1.94 bits per heavy atom. The van der Waals surface area contributed by atoms with E-state index in [0.29, 0.717) is 36.0 Å². The molecule has 2 heterocycles. The van der Waals surface area contributed by atoms with Crippen LogP contribution >= 0.6 is 0 Å². The van der Waals surface area contributed by atoms with E-state index in [2.05, 4.69) is 31.3 Å². The molecule has 170 valence electrons. The van der Waals surface area contributed by atoms with Gasteiger partial charge in [-0.2, -0.15) is 0 Å². The van der Waals surface area contributed by atoms with E-state index in [1.807, 2.05) is 0 Å². The average Bonchev–Trinajstić information content (AvgIpc) is 2.75. The van der Waals surface area contributed by atoms with Crippen LogP contribution in [0.2, 0.25) is 0 Å². The van der Waals surface area contributed by atoms with Crippen LogP contribution in [0, 0.1) is 0 Å². The van der Waals surface area contributed by atoms with Crippen LogP contribution in [0.5, 0.6) is 0 Å². The molecule has 0 saturated carbocycles. The second-order valence-electron chi connectivity index (χ2n) is 7.03. The Kier molecular flexibility index (Phi) is 6.90. The van der Waals surface area contributed by atoms with Crippen molar-refractivity contribution < 1.29 is 29.7 Å². The third kappa shape index (κ3) is 5.72. The van der Waals surface area contributed by atoms with Gasteiger partial charge in [0.2, 0.25) is 0 Å². The number of guanidine groups is 1. The molecule has 0 aliphatic carbocycles. The SMILES string of the molecule is NC1=NC(O)C2=C(NCC(CNc3ccc(C(=O)N[C@@H](CCC(=O)O)C(=O)O)cc3)=N2)N1. The third-order valence-electron chi connectivity index (χ3n) is 4.66. The van der Waals surface area contributed by atoms with Crippen LogP contribution in [-0.4, -0.2) is 70.2 Å². The molecule has 2 aliphatic rings. The molecule has 2 atom stereocenters. The molecule has 0 saturated heterocycles. The zero-order chi connectivity index (χ0) is 23.3. The van der Waals surface area contributed by atoms with Crippen LogP contribution in [0.1, 0.15) is 23.2 Å². The number of benzene rings is 1. The van der Waals surface area contributed by atoms with Crippen LogP contribution in [0.15, 0.2) is 45.8 Å². The number of anilines is 1. The first kappa shape index (κ1) is 22.6. The molecule has 1 aromatic carbocycles. The predicted molar refractivity (Wildman–Crippen MR) is 114 cm³/mol. The van der Waals surface area contributed by atoms with E-state index < -0.39 is 30.1 Å². The molecule has 1 amide bonds. The number of nitrogens with two attached hydrogens (primary N) is 1. The van der Waals surface area contributed by atoms with Gasteiger partial charge in [0.05, 0.1) is 18.8 Å². The van der Waals surface area contributed by atoms with E-state index in [9.17, 15) is 19.5 Å². The zero-order valence-corrected chi connectivity index (χ0v) is 16.8. The Labute approximate surface area is 182 Å². The Morgan fingerprint density at radius 1 is 1.22 bits per heavy atom. The maximum Gasteiger partial charge on any atom is 0.326 e. The number of aliphatic hydroxyl groups is 1. The van der Waals surface area contributed by atoms with Gasteiger partial charge in [-0.3, -0.25) is 9.59 Å². The van der Waals surface area contributed by atoms with Crippen molar-refractivity contribution in [1.82, 2.24) is 16.0 Å². The van der Waals surface area contributed by atoms with E-state index >= 15 is 0 Å². The number of carbonyl (C=O) groups excluding carboxylic acids is 1. The van der Waals surface area contributed by atoms with E-state index in [1.54, 1.807) is 12.1 Å². The smallest absolute Gasteiger partial charge is 0.326 e. The summed E-state index contributed by atoms with van der Waals surface area (Å²) in [6.07, 6.45) is -1.74. The molecule has 0 bridgehead atoms. The first-order valence-electron chi connectivity index (χ1n) is 9.65. The van der Waals surface area contributed by atoms with Crippen molar-refractivity contribution in [2.45, 2.75) is 25.1 Å². The number of aliphatic imine (C=N–C) groups is 2. The minimum absolute atomic E-state index is 0.0983. The molecule has 3 rings (SSSR count). The van der Waals surface area contributed by atoms with Crippen molar-refractivity contribution in [3.8, 4) is 0 Å². The molecule has 0 aromatic heterocycles. The highest BCUT2D eigenvalue weighted by Gasteiger charge is 2.25. The Balaban J connectivity index is 1.56. The molecular formula is C19H23N7O6. The fourth-order valence-corrected chi connectivity index (χ4v) is 3.01. The van der Waals surface area contributed by atoms with Gasteiger partial charge < -0.3 is 42.3 Å². The number of hydrogen-bond donors (Lipinski definition) is 8. The molecule has 1 unspecified atom stereocenters. The van der Waals surface area contributed by atoms with Gasteiger partial charge in [0.1, 0.15) is 17.6 Å². The lowest BCUT2D eigenvalue weighted by Crippen LogP contribution is -2.47. The molecule has 1 aromatic rings. The van der Waals surface area contributed by atoms with Crippen molar-refractivity contribution in [1.29, 1.82) is 0 Å². The number of amides is 1. The summed E-state index contributed by atoms with van der Waals surface area (Å²) in [7, 11) is 0. The van der Waals surface area contributed by atoms with Gasteiger partial charge in [-0.15, -0.1) is 0 Å². The number of aliphatic carboxylic acids is 2. The quantitative estimate of drug-likeness (QED) is 0.223. The predicted octanol–water partition coefficient (Wildman–Crippen LogP) is -1.40. The van der Waals surface area contributed by atoms with Gasteiger partial charge in [-0.05, 0) is 30.7 Å². The maximum atomic E-state index is 12.3. The molecule has 13 heteroatoms. The number of aliphatic hydroxyl groups excluding tert-OH is 1. The lowest BCUT2D eigenvalue weighted by molar-refractivity contribution is -0.140. The summed E-state index contributed by atoms with van der Waals surface area (Å²) in [5.41, 5.74) is 7.54. The van der Waals surface area contributed by atoms with Gasteiger partial charge >= 0.3 is 11.9 Å². The van der Waals surface area contributed by atoms with Gasteiger partial charge in [0.25, 0.3) is 5.91 Å². The third-order valence-corrected chi connectivity index (χ3v) is 4.66. The summed E-state index contributed by atoms with van der Waals surface area (Å²) in [6.45, 7) is 0.782. The Hall–Kier alpha value is -4.13. The normalized spacial score (nSPS) is 18.2. The minimum atomic E-state index is -1.30. The minimum Gasteiger partial charge on any atom is -0.481 e. The fraction of sp³-hybridized carbons (Fsp3) is 0.316. The average molecular weight is 445 g/mol. The number of nitrogens with one attached hydrogen (secondary N) is 4. The lowest BCUT2D eigenvalue weighted by Gasteiger charge is -2.26. The van der Waals surface area contributed by atoms with Crippen molar-refractivity contribution in [2.75, 3.05) is 18.4 Å². The number of carbonyl (C=O) groups is 3. The largest absolute Gasteiger partial charge is 0.481 e. The Bertz CT molecular complexity index is 1000. The second kappa shape index (κ2) is 9.78. The monoisotopic (exact) mass is 445 g/mol. The molecule has 0 fully saturated rings. The number of carboxylic acids is 2. The first-order valence-corrected chi connectivity index (χ1v) is 9.65. The van der Waals surface area contributed by atoms with Crippen molar-refractivity contribution in [3.63, 3.8) is 0 Å². The van der Waals surface area contributed by atoms with Crippen LogP contribution in [-0.2, 0) is 9.59 Å². The van der Waals surface area contributed by atoms with Crippen molar-refractivity contribution in [3.05, 3.63) is 41.3 Å². The summed E-state index contributed by atoms with van der Waals surface area (Å²) < 4.78 is 0. The van der Waals surface area contributed by atoms with E-state index in [0.717, 1.165) is 0 Å². The topological polar surface area (TPSA) is 211 Å². The van der Waals surface area contributed by atoms with Gasteiger partial charge in [0, 0.05) is 17.7 Å². The van der Waals surface area contributed by atoms with Crippen molar-refractivity contribution >= 4 is 35.2 Å². The summed E-state index contributed by atoms with van der Waals surface area (Å²) in [5.74, 6) is -2.45. The summed E-state index contributed by atoms with van der Waals surface area (Å²) >= 11 is 0. The highest BCUT2D eigenvalue weighted by molar-refractivity contribution is 5.97. The highest BCUT2D eigenvalue weighted by Crippen LogP contribution is 2.16. The first-order chi connectivity index (χ1) is 15.2. The van der Waals surface area contributed by atoms with Crippen LogP contribution in [0.3, 0.4) is 0 Å². The summed E-state index contributed by atoms with van der Waals surface area (Å²) in [4.78, 5) is 42.3. The van der Waals surface area contributed by atoms with E-state index in [4.69, 9.17) is 15.9 Å². The fourth-order valence-electron chi connectivity index (χ4n) is 3.01. The molecule has 32 heavy (non-hydrogen) atoms. The van der Waals surface area contributed by atoms with Gasteiger partial charge in [-0.1, -0.05) is 0 Å². The molecular weight excluding hydrogens is 422 g/mol. The molecule has 9 N–H and O–H groups in total. The Morgan fingerprint density at radius 3 is 2.59 bits per heavy atom. The highest BCUT2D eigenvalue weighted by atomic mass is 16.4. The van der Waals surface area contributed by atoms with Crippen molar-refractivity contribution in [2.24, 2.45) is 15.7 Å². The van der Waals surface area contributed by atoms with Crippen LogP contribution in [0.25, 0.3) is 0 Å². The zero-order valence-electron chi connectivity index (χ0n) is 16.8. The maximum absolute atomic E-state index is 12.3. The van der Waals surface area contributed by atoms with Crippen LogP contribution in [0.4, 0.5) is 5.69 Å². The number of nitrogens with zero attached hydrogens (tertiary/aromatic N) is 2. The van der Waals surface area contributed by atoms with E-state index in [1.165, 1.54) is 12.1 Å². The number of carboxylic acid groups (broad SMARTS) is 2. The summed E-state index contributed by atoms with van der Waals surface area (Å²) in [6, 6.07) is 5.02. The summed E-state index contributed by atoms with van der Waals surface area (Å²) in [5, 5.41) is 39.2. The number of rotatable bonds is 9. The standard InChI is InChI=1S/C19H23N7O6/c20-19-25-15-14(17(30)26-19)23-11(8-22-15)7-21-10-3-1-9(2-4-10)16(29)24-12(18(31)32)5-6-13(27)28/h1-4,12,17,21-22,30H,5-8H2,(H,24,29)(H,27,28)(H,31,32)(H3,20,25,26)/t12-,17?/m0/s1. The van der Waals surface area contributed by atoms with E-state index in [-0.39, 0.29) is 24.4 Å². The van der Waals surface area contributed by atoms with Gasteiger partial charge in [0.15, 0.2) is 12.2 Å². The van der Waals surface area contributed by atoms with Crippen LogP contribution < -0.4 is 27.0 Å². The lowest BCUT2D eigenvalue weighted by atomic mass is 10.1. The molecule has 13 nitrogen and oxygen atoms in total. The number of hydrogen-bond acceptors (Lipinski definition) is 10. The van der Waals surface area contributed by atoms with Gasteiger partial charge in [-0.25, -0.2) is 14.8 Å². The molecule has 2 aliphatic heterocycles. The molecule has 0 radical (unpaired) electrons. The second-order valence-corrected chi connectivity index (χ2v) is 7.03. The molecule has 0 spiro atoms.